The first-order valence-corrected chi connectivity index (χ1v) is 8.19. The van der Waals surface area contributed by atoms with Crippen LogP contribution in [0.1, 0.15) is 61.6 Å². The number of hydrogen-bond donors (Lipinski definition) is 2. The van der Waals surface area contributed by atoms with Crippen LogP contribution in [0.15, 0.2) is 18.2 Å². The molecule has 0 saturated heterocycles. The normalized spacial score (nSPS) is 17.9. The maximum atomic E-state index is 12.2. The summed E-state index contributed by atoms with van der Waals surface area (Å²) in [4.78, 5) is 12.2. The highest BCUT2D eigenvalue weighted by Crippen LogP contribution is 2.29. The van der Waals surface area contributed by atoms with Gasteiger partial charge in [0.15, 0.2) is 0 Å². The Morgan fingerprint density at radius 3 is 2.71 bits per heavy atom. The third-order valence-electron chi connectivity index (χ3n) is 4.65. The van der Waals surface area contributed by atoms with Crippen molar-refractivity contribution in [3.63, 3.8) is 0 Å². The van der Waals surface area contributed by atoms with Gasteiger partial charge in [0.25, 0.3) is 5.91 Å². The molecule has 0 aliphatic carbocycles. The summed E-state index contributed by atoms with van der Waals surface area (Å²) in [5, 5.41) is 6.58. The second-order valence-electron chi connectivity index (χ2n) is 6.41. The molecule has 2 N–H and O–H groups in total. The minimum absolute atomic E-state index is 0.0804. The Morgan fingerprint density at radius 1 is 1.29 bits per heavy atom. The van der Waals surface area contributed by atoms with Crippen molar-refractivity contribution in [1.29, 1.82) is 0 Å². The van der Waals surface area contributed by atoms with Gasteiger partial charge in [0.05, 0.1) is 0 Å². The Bertz CT molecular complexity index is 496. The first kappa shape index (κ1) is 16.0. The average Bonchev–Trinajstić information content (AvgIpc) is 2.65. The van der Waals surface area contributed by atoms with E-state index in [1.165, 1.54) is 11.1 Å². The first-order valence-electron chi connectivity index (χ1n) is 8.19. The molecule has 3 nitrogen and oxygen atoms in total. The van der Waals surface area contributed by atoms with Crippen LogP contribution >= 0.6 is 0 Å². The van der Waals surface area contributed by atoms with E-state index in [2.05, 4.69) is 56.5 Å². The lowest BCUT2D eigenvalue weighted by Gasteiger charge is -2.28. The van der Waals surface area contributed by atoms with Gasteiger partial charge in [-0.25, -0.2) is 0 Å². The van der Waals surface area contributed by atoms with Crippen molar-refractivity contribution in [2.24, 2.45) is 11.8 Å². The standard InChI is InChI=1S/C18H28N2O/c1-5-19-17(13(4)12(2)3)15-9-8-14-7-6-10-20-18(21)16(14)11-15/h8-9,11-13,17,19H,5-7,10H2,1-4H3,(H,20,21). The van der Waals surface area contributed by atoms with Gasteiger partial charge in [-0.2, -0.15) is 0 Å². The zero-order valence-corrected chi connectivity index (χ0v) is 13.7. The third kappa shape index (κ3) is 3.65. The molecule has 0 spiro atoms. The molecular weight excluding hydrogens is 260 g/mol. The third-order valence-corrected chi connectivity index (χ3v) is 4.65. The number of rotatable bonds is 5. The van der Waals surface area contributed by atoms with Gasteiger partial charge in [0.2, 0.25) is 0 Å². The van der Waals surface area contributed by atoms with E-state index in [0.717, 1.165) is 31.5 Å². The van der Waals surface area contributed by atoms with E-state index in [4.69, 9.17) is 0 Å². The van der Waals surface area contributed by atoms with Gasteiger partial charge < -0.3 is 10.6 Å². The Morgan fingerprint density at radius 2 is 2.05 bits per heavy atom. The highest BCUT2D eigenvalue weighted by molar-refractivity contribution is 5.96. The number of benzene rings is 1. The lowest BCUT2D eigenvalue weighted by molar-refractivity contribution is 0.0956. The fourth-order valence-electron chi connectivity index (χ4n) is 3.00. The molecule has 2 unspecified atom stereocenters. The van der Waals surface area contributed by atoms with E-state index in [1.807, 2.05) is 0 Å². The summed E-state index contributed by atoms with van der Waals surface area (Å²) < 4.78 is 0. The maximum absolute atomic E-state index is 12.2. The quantitative estimate of drug-likeness (QED) is 0.873. The Kier molecular flexibility index (Phi) is 5.40. The van der Waals surface area contributed by atoms with Gasteiger partial charge in [-0.3, -0.25) is 4.79 Å². The summed E-state index contributed by atoms with van der Waals surface area (Å²) >= 11 is 0. The minimum Gasteiger partial charge on any atom is -0.352 e. The molecule has 0 saturated carbocycles. The van der Waals surface area contributed by atoms with Crippen molar-refractivity contribution in [1.82, 2.24) is 10.6 Å². The number of amides is 1. The number of fused-ring (bicyclic) bond motifs is 1. The molecule has 2 rings (SSSR count). The maximum Gasteiger partial charge on any atom is 0.251 e. The molecule has 0 bridgehead atoms. The van der Waals surface area contributed by atoms with Crippen molar-refractivity contribution < 1.29 is 4.79 Å². The molecule has 1 heterocycles. The predicted octanol–water partition coefficient (Wildman–Crippen LogP) is 3.31. The second kappa shape index (κ2) is 7.08. The van der Waals surface area contributed by atoms with Gasteiger partial charge in [-0.15, -0.1) is 0 Å². The summed E-state index contributed by atoms with van der Waals surface area (Å²) in [5.74, 6) is 1.20. The molecule has 2 atom stereocenters. The molecule has 116 valence electrons. The van der Waals surface area contributed by atoms with Crippen molar-refractivity contribution in [3.05, 3.63) is 34.9 Å². The molecule has 21 heavy (non-hydrogen) atoms. The molecular formula is C18H28N2O. The van der Waals surface area contributed by atoms with Crippen LogP contribution in [-0.2, 0) is 6.42 Å². The molecule has 0 radical (unpaired) electrons. The lowest BCUT2D eigenvalue weighted by atomic mass is 9.84. The molecule has 0 aromatic heterocycles. The fourth-order valence-corrected chi connectivity index (χ4v) is 3.00. The Labute approximate surface area is 128 Å². The first-order chi connectivity index (χ1) is 10.0. The monoisotopic (exact) mass is 288 g/mol. The van der Waals surface area contributed by atoms with Crippen LogP contribution in [0.5, 0.6) is 0 Å². The lowest BCUT2D eigenvalue weighted by Crippen LogP contribution is -2.30. The van der Waals surface area contributed by atoms with Gasteiger partial charge >= 0.3 is 0 Å². The smallest absolute Gasteiger partial charge is 0.251 e. The summed E-state index contributed by atoms with van der Waals surface area (Å²) in [5.41, 5.74) is 3.28. The van der Waals surface area contributed by atoms with E-state index >= 15 is 0 Å². The van der Waals surface area contributed by atoms with Gasteiger partial charge in [0.1, 0.15) is 0 Å². The van der Waals surface area contributed by atoms with Crippen LogP contribution in [-0.4, -0.2) is 19.0 Å². The largest absolute Gasteiger partial charge is 0.352 e. The highest BCUT2D eigenvalue weighted by Gasteiger charge is 2.23. The molecule has 3 heteroatoms. The van der Waals surface area contributed by atoms with E-state index in [1.54, 1.807) is 0 Å². The van der Waals surface area contributed by atoms with Gasteiger partial charge in [-0.05, 0) is 48.4 Å². The molecule has 1 amide bonds. The van der Waals surface area contributed by atoms with E-state index in [9.17, 15) is 4.79 Å². The second-order valence-corrected chi connectivity index (χ2v) is 6.41. The molecule has 0 fully saturated rings. The van der Waals surface area contributed by atoms with Crippen molar-refractivity contribution >= 4 is 5.91 Å². The number of hydrogen-bond acceptors (Lipinski definition) is 2. The van der Waals surface area contributed by atoms with Crippen molar-refractivity contribution in [3.8, 4) is 0 Å². The van der Waals surface area contributed by atoms with Crippen LogP contribution in [0.2, 0.25) is 0 Å². The zero-order valence-electron chi connectivity index (χ0n) is 13.7. The van der Waals surface area contributed by atoms with Crippen molar-refractivity contribution in [2.75, 3.05) is 13.1 Å². The molecule has 1 aromatic rings. The van der Waals surface area contributed by atoms with Crippen LogP contribution in [0, 0.1) is 11.8 Å². The zero-order chi connectivity index (χ0) is 15.4. The topological polar surface area (TPSA) is 41.1 Å². The van der Waals surface area contributed by atoms with Crippen LogP contribution < -0.4 is 10.6 Å². The van der Waals surface area contributed by atoms with E-state index in [0.29, 0.717) is 17.9 Å². The summed E-state index contributed by atoms with van der Waals surface area (Å²) in [6.07, 6.45) is 2.01. The summed E-state index contributed by atoms with van der Waals surface area (Å²) in [6.45, 7) is 10.6. The van der Waals surface area contributed by atoms with Gasteiger partial charge in [-0.1, -0.05) is 39.8 Å². The number of carbonyl (C=O) groups is 1. The van der Waals surface area contributed by atoms with E-state index in [-0.39, 0.29) is 5.91 Å². The summed E-state index contributed by atoms with van der Waals surface area (Å²) in [6, 6.07) is 6.75. The Balaban J connectivity index is 2.36. The fraction of sp³-hybridized carbons (Fsp3) is 0.611. The summed E-state index contributed by atoms with van der Waals surface area (Å²) in [7, 11) is 0. The molecule has 1 aromatic carbocycles. The van der Waals surface area contributed by atoms with Crippen LogP contribution in [0.4, 0.5) is 0 Å². The number of aryl methyl sites for hydroxylation is 1. The predicted molar refractivity (Wildman–Crippen MR) is 87.5 cm³/mol. The van der Waals surface area contributed by atoms with E-state index < -0.39 is 0 Å². The minimum atomic E-state index is 0.0804. The number of carbonyl (C=O) groups excluding carboxylic acids is 1. The van der Waals surface area contributed by atoms with Crippen molar-refractivity contribution in [2.45, 2.75) is 46.6 Å². The molecule has 1 aliphatic rings. The van der Waals surface area contributed by atoms with Crippen LogP contribution in [0.25, 0.3) is 0 Å². The SMILES string of the molecule is CCNC(c1ccc2c(c1)C(=O)NCCC2)C(C)C(C)C. The Hall–Kier alpha value is -1.35. The number of nitrogens with one attached hydrogen (secondary N) is 2. The highest BCUT2D eigenvalue weighted by atomic mass is 16.1. The molecule has 1 aliphatic heterocycles. The van der Waals surface area contributed by atoms with Gasteiger partial charge in [0, 0.05) is 18.2 Å². The van der Waals surface area contributed by atoms with Crippen LogP contribution in [0.3, 0.4) is 0 Å². The average molecular weight is 288 g/mol.